The molecule has 0 aliphatic rings. The van der Waals surface area contributed by atoms with Crippen LogP contribution in [-0.4, -0.2) is 10.8 Å². The summed E-state index contributed by atoms with van der Waals surface area (Å²) in [5, 5.41) is 0. The summed E-state index contributed by atoms with van der Waals surface area (Å²) >= 11 is 2.26. The van der Waals surface area contributed by atoms with Gasteiger partial charge in [0.1, 0.15) is 0 Å². The first kappa shape index (κ1) is 8.40. The van der Waals surface area contributed by atoms with Gasteiger partial charge in [-0.1, -0.05) is 20.8 Å². The first-order chi connectivity index (χ1) is 3.48. The molecule has 0 amide bonds. The maximum Gasteiger partial charge on any atom is 0.0778 e. The van der Waals surface area contributed by atoms with Crippen LogP contribution in [0.3, 0.4) is 0 Å². The SMILES string of the molecule is CN=C(I)C(C)(C)C. The summed E-state index contributed by atoms with van der Waals surface area (Å²) < 4.78 is 1.18. The van der Waals surface area contributed by atoms with Gasteiger partial charge < -0.3 is 0 Å². The Labute approximate surface area is 64.7 Å². The normalized spacial score (nSPS) is 14.4. The number of nitrogens with zero attached hydrogens (tertiary/aromatic N) is 1. The number of rotatable bonds is 0. The van der Waals surface area contributed by atoms with Gasteiger partial charge in [-0.05, 0) is 22.6 Å². The minimum absolute atomic E-state index is 0.245. The molecular formula is C6H12IN. The lowest BCUT2D eigenvalue weighted by atomic mass is 9.99. The summed E-state index contributed by atoms with van der Waals surface area (Å²) in [4.78, 5) is 4.06. The highest BCUT2D eigenvalue weighted by molar-refractivity contribution is 14.1. The van der Waals surface area contributed by atoms with Crippen LogP contribution in [0.5, 0.6) is 0 Å². The molecule has 0 bridgehead atoms. The van der Waals surface area contributed by atoms with Gasteiger partial charge in [0.25, 0.3) is 0 Å². The fourth-order valence-electron chi connectivity index (χ4n) is 0.335. The summed E-state index contributed by atoms with van der Waals surface area (Å²) in [6, 6.07) is 0. The summed E-state index contributed by atoms with van der Waals surface area (Å²) in [6.07, 6.45) is 0. The maximum absolute atomic E-state index is 4.06. The Bertz CT molecular complexity index is 99.6. The van der Waals surface area contributed by atoms with E-state index in [1.165, 1.54) is 3.72 Å². The van der Waals surface area contributed by atoms with Crippen molar-refractivity contribution in [3.05, 3.63) is 0 Å². The molecule has 0 unspecified atom stereocenters. The van der Waals surface area contributed by atoms with Crippen LogP contribution in [0.1, 0.15) is 20.8 Å². The zero-order chi connectivity index (χ0) is 6.78. The molecule has 0 saturated carbocycles. The van der Waals surface area contributed by atoms with E-state index < -0.39 is 0 Å². The zero-order valence-corrected chi connectivity index (χ0v) is 7.98. The zero-order valence-electron chi connectivity index (χ0n) is 5.83. The standard InChI is InChI=1S/C6H12IN/c1-6(2,3)5(7)8-4/h1-4H3. The Morgan fingerprint density at radius 1 is 1.38 bits per heavy atom. The average molecular weight is 225 g/mol. The smallest absolute Gasteiger partial charge is 0.0778 e. The Hall–Kier alpha value is 0.400. The predicted molar refractivity (Wildman–Crippen MR) is 46.8 cm³/mol. The van der Waals surface area contributed by atoms with Crippen molar-refractivity contribution in [2.75, 3.05) is 7.05 Å². The molecule has 1 nitrogen and oxygen atoms in total. The fourth-order valence-corrected chi connectivity index (χ4v) is 0.335. The number of aliphatic imine (C=N–C) groups is 1. The molecule has 8 heavy (non-hydrogen) atoms. The van der Waals surface area contributed by atoms with E-state index in [4.69, 9.17) is 0 Å². The highest BCUT2D eigenvalue weighted by Gasteiger charge is 2.13. The van der Waals surface area contributed by atoms with E-state index in [-0.39, 0.29) is 5.41 Å². The van der Waals surface area contributed by atoms with Crippen molar-refractivity contribution in [2.24, 2.45) is 10.4 Å². The lowest BCUT2D eigenvalue weighted by Crippen LogP contribution is -2.13. The van der Waals surface area contributed by atoms with Crippen LogP contribution in [0, 0.1) is 5.41 Å². The van der Waals surface area contributed by atoms with Crippen LogP contribution < -0.4 is 0 Å². The van der Waals surface area contributed by atoms with E-state index in [2.05, 4.69) is 48.4 Å². The van der Waals surface area contributed by atoms with Gasteiger partial charge in [-0.25, -0.2) is 0 Å². The molecule has 0 heterocycles. The van der Waals surface area contributed by atoms with Crippen molar-refractivity contribution in [1.29, 1.82) is 0 Å². The summed E-state index contributed by atoms with van der Waals surface area (Å²) in [7, 11) is 1.83. The lowest BCUT2D eigenvalue weighted by Gasteiger charge is -2.14. The van der Waals surface area contributed by atoms with Crippen molar-refractivity contribution in [2.45, 2.75) is 20.8 Å². The van der Waals surface area contributed by atoms with Gasteiger partial charge in [0.05, 0.1) is 3.72 Å². The van der Waals surface area contributed by atoms with Gasteiger partial charge >= 0.3 is 0 Å². The second-order valence-corrected chi connectivity index (χ2v) is 3.79. The average Bonchev–Trinajstić information content (AvgIpc) is 1.62. The van der Waals surface area contributed by atoms with Crippen LogP contribution in [-0.2, 0) is 0 Å². The predicted octanol–water partition coefficient (Wildman–Crippen LogP) is 2.50. The van der Waals surface area contributed by atoms with Gasteiger partial charge in [-0.15, -0.1) is 0 Å². The third-order valence-corrected chi connectivity index (χ3v) is 2.92. The molecule has 2 heteroatoms. The molecular weight excluding hydrogens is 213 g/mol. The van der Waals surface area contributed by atoms with Crippen LogP contribution >= 0.6 is 22.6 Å². The highest BCUT2D eigenvalue weighted by atomic mass is 127. The topological polar surface area (TPSA) is 12.4 Å². The molecule has 0 rings (SSSR count). The van der Waals surface area contributed by atoms with Crippen molar-refractivity contribution < 1.29 is 0 Å². The summed E-state index contributed by atoms with van der Waals surface area (Å²) in [6.45, 7) is 6.46. The fraction of sp³-hybridized carbons (Fsp3) is 0.833. The molecule has 0 N–H and O–H groups in total. The summed E-state index contributed by atoms with van der Waals surface area (Å²) in [5.74, 6) is 0. The molecule has 0 fully saturated rings. The van der Waals surface area contributed by atoms with E-state index in [0.29, 0.717) is 0 Å². The van der Waals surface area contributed by atoms with Crippen LogP contribution in [0.4, 0.5) is 0 Å². The van der Waals surface area contributed by atoms with E-state index in [9.17, 15) is 0 Å². The lowest BCUT2D eigenvalue weighted by molar-refractivity contribution is 0.604. The first-order valence-corrected chi connectivity index (χ1v) is 3.69. The van der Waals surface area contributed by atoms with Gasteiger partial charge in [0, 0.05) is 12.5 Å². The molecule has 0 spiro atoms. The molecule has 0 saturated heterocycles. The third kappa shape index (κ3) is 2.64. The van der Waals surface area contributed by atoms with E-state index in [0.717, 1.165) is 0 Å². The molecule has 0 aromatic heterocycles. The van der Waals surface area contributed by atoms with Gasteiger partial charge in [-0.3, -0.25) is 4.99 Å². The number of hydrogen-bond donors (Lipinski definition) is 0. The second-order valence-electron chi connectivity index (χ2n) is 2.76. The molecule has 0 atom stereocenters. The molecule has 0 aliphatic heterocycles. The molecule has 48 valence electrons. The Kier molecular flexibility index (Phi) is 2.94. The monoisotopic (exact) mass is 225 g/mol. The quantitative estimate of drug-likeness (QED) is 0.443. The second kappa shape index (κ2) is 2.80. The number of halogens is 1. The molecule has 0 radical (unpaired) electrons. The Morgan fingerprint density at radius 3 is 1.75 bits per heavy atom. The van der Waals surface area contributed by atoms with E-state index in [1.807, 2.05) is 7.05 Å². The van der Waals surface area contributed by atoms with Gasteiger partial charge in [-0.2, -0.15) is 0 Å². The third-order valence-electron chi connectivity index (χ3n) is 0.815. The van der Waals surface area contributed by atoms with Crippen molar-refractivity contribution in [3.63, 3.8) is 0 Å². The maximum atomic E-state index is 4.06. The van der Waals surface area contributed by atoms with Crippen LogP contribution in [0.15, 0.2) is 4.99 Å². The van der Waals surface area contributed by atoms with Crippen molar-refractivity contribution in [1.82, 2.24) is 0 Å². The Balaban J connectivity index is 4.03. The van der Waals surface area contributed by atoms with E-state index >= 15 is 0 Å². The van der Waals surface area contributed by atoms with Gasteiger partial charge in [0.2, 0.25) is 0 Å². The largest absolute Gasteiger partial charge is 0.286 e. The van der Waals surface area contributed by atoms with Crippen molar-refractivity contribution in [3.8, 4) is 0 Å². The molecule has 0 aromatic rings. The minimum atomic E-state index is 0.245. The van der Waals surface area contributed by atoms with E-state index in [1.54, 1.807) is 0 Å². The van der Waals surface area contributed by atoms with Gasteiger partial charge in [0.15, 0.2) is 0 Å². The Morgan fingerprint density at radius 2 is 1.75 bits per heavy atom. The molecule has 0 aliphatic carbocycles. The minimum Gasteiger partial charge on any atom is -0.286 e. The van der Waals surface area contributed by atoms with Crippen molar-refractivity contribution >= 4 is 26.3 Å². The van der Waals surface area contributed by atoms with Crippen LogP contribution in [0.2, 0.25) is 0 Å². The molecule has 0 aromatic carbocycles. The highest BCUT2D eigenvalue weighted by Crippen LogP contribution is 2.19. The van der Waals surface area contributed by atoms with Crippen LogP contribution in [0.25, 0.3) is 0 Å². The summed E-state index contributed by atoms with van der Waals surface area (Å²) in [5.41, 5.74) is 0.245. The first-order valence-electron chi connectivity index (χ1n) is 2.61. The number of hydrogen-bond acceptors (Lipinski definition) is 1.